The zero-order valence-electron chi connectivity index (χ0n) is 13.4. The Morgan fingerprint density at radius 3 is 2.54 bits per heavy atom. The van der Waals surface area contributed by atoms with E-state index in [1.165, 1.54) is 0 Å². The largest absolute Gasteiger partial charge is 0.416 e. The van der Waals surface area contributed by atoms with Gasteiger partial charge in [-0.1, -0.05) is 11.6 Å². The number of nitrogens with one attached hydrogen (secondary N) is 2. The molecule has 0 radical (unpaired) electrons. The highest BCUT2D eigenvalue weighted by Crippen LogP contribution is 2.30. The summed E-state index contributed by atoms with van der Waals surface area (Å²) in [6.07, 6.45) is -3.42. The van der Waals surface area contributed by atoms with Gasteiger partial charge in [0.2, 0.25) is 5.43 Å². The van der Waals surface area contributed by atoms with Crippen molar-refractivity contribution >= 4 is 34.1 Å². The molecule has 0 unspecified atom stereocenters. The van der Waals surface area contributed by atoms with Crippen molar-refractivity contribution in [2.24, 2.45) is 0 Å². The molecule has 0 fully saturated rings. The second-order valence-corrected chi connectivity index (χ2v) is 6.14. The molecule has 134 valence electrons. The number of H-pyrrole nitrogens is 1. The van der Waals surface area contributed by atoms with E-state index in [0.717, 1.165) is 24.4 Å². The van der Waals surface area contributed by atoms with Crippen LogP contribution in [0.2, 0.25) is 5.02 Å². The van der Waals surface area contributed by atoms with E-state index in [4.69, 9.17) is 11.6 Å². The molecule has 0 spiro atoms. The van der Waals surface area contributed by atoms with Gasteiger partial charge in [-0.15, -0.1) is 0 Å². The lowest BCUT2D eigenvalue weighted by Gasteiger charge is -2.10. The van der Waals surface area contributed by atoms with Gasteiger partial charge in [0.05, 0.1) is 5.56 Å². The van der Waals surface area contributed by atoms with Crippen LogP contribution in [0.1, 0.15) is 21.5 Å². The first-order valence-corrected chi connectivity index (χ1v) is 7.85. The minimum absolute atomic E-state index is 0.00141. The highest BCUT2D eigenvalue weighted by atomic mass is 35.5. The van der Waals surface area contributed by atoms with Crippen LogP contribution in [-0.2, 0) is 6.18 Å². The average Bonchev–Trinajstić information content (AvgIpc) is 2.56. The third kappa shape index (κ3) is 3.43. The molecule has 3 aromatic rings. The number of benzene rings is 2. The first kappa shape index (κ1) is 18.0. The standard InChI is InChI=1S/C18H12ClF3N2O2/c1-9-6-11(19)3-5-14(9)24-17(26)13-8-23-15-7-10(18(20,21)22)2-4-12(15)16(13)25/h2-8H,1H3,(H,23,25)(H,24,26). The Labute approximate surface area is 150 Å². The summed E-state index contributed by atoms with van der Waals surface area (Å²) in [6, 6.07) is 7.54. The number of rotatable bonds is 2. The van der Waals surface area contributed by atoms with Gasteiger partial charge in [-0.25, -0.2) is 0 Å². The number of carbonyl (C=O) groups is 1. The second kappa shape index (κ2) is 6.49. The molecule has 0 bridgehead atoms. The van der Waals surface area contributed by atoms with Crippen LogP contribution < -0.4 is 10.7 Å². The predicted octanol–water partition coefficient (Wildman–Crippen LogP) is 4.76. The van der Waals surface area contributed by atoms with Gasteiger partial charge in [0.15, 0.2) is 0 Å². The van der Waals surface area contributed by atoms with E-state index < -0.39 is 23.1 Å². The SMILES string of the molecule is Cc1cc(Cl)ccc1NC(=O)c1c[nH]c2cc(C(F)(F)F)ccc2c1=O. The summed E-state index contributed by atoms with van der Waals surface area (Å²) < 4.78 is 38.3. The number of hydrogen-bond donors (Lipinski definition) is 2. The third-order valence-corrected chi connectivity index (χ3v) is 4.12. The molecule has 1 amide bonds. The quantitative estimate of drug-likeness (QED) is 0.673. The van der Waals surface area contributed by atoms with Gasteiger partial charge in [0.1, 0.15) is 5.56 Å². The van der Waals surface area contributed by atoms with Gasteiger partial charge in [-0.05, 0) is 48.9 Å². The van der Waals surface area contributed by atoms with Crippen molar-refractivity contribution in [2.45, 2.75) is 13.1 Å². The van der Waals surface area contributed by atoms with Gasteiger partial charge in [-0.3, -0.25) is 9.59 Å². The number of halogens is 4. The molecule has 2 aromatic carbocycles. The van der Waals surface area contributed by atoms with E-state index in [9.17, 15) is 22.8 Å². The Morgan fingerprint density at radius 2 is 1.88 bits per heavy atom. The second-order valence-electron chi connectivity index (χ2n) is 5.70. The van der Waals surface area contributed by atoms with E-state index in [2.05, 4.69) is 10.3 Å². The fraction of sp³-hybridized carbons (Fsp3) is 0.111. The molecule has 0 saturated heterocycles. The van der Waals surface area contributed by atoms with Crippen LogP contribution in [0.5, 0.6) is 0 Å². The Kier molecular flexibility index (Phi) is 4.50. The lowest BCUT2D eigenvalue weighted by Crippen LogP contribution is -2.22. The number of carbonyl (C=O) groups excluding carboxylic acids is 1. The first-order valence-electron chi connectivity index (χ1n) is 7.47. The number of aromatic amines is 1. The van der Waals surface area contributed by atoms with Crippen LogP contribution in [0.3, 0.4) is 0 Å². The molecule has 3 rings (SSSR count). The minimum atomic E-state index is -4.52. The average molecular weight is 381 g/mol. The van der Waals surface area contributed by atoms with Crippen LogP contribution in [-0.4, -0.2) is 10.9 Å². The Morgan fingerprint density at radius 1 is 1.15 bits per heavy atom. The number of hydrogen-bond acceptors (Lipinski definition) is 2. The van der Waals surface area contributed by atoms with Crippen LogP contribution in [0.25, 0.3) is 10.9 Å². The number of amides is 1. The minimum Gasteiger partial charge on any atom is -0.360 e. The Hall–Kier alpha value is -2.80. The fourth-order valence-corrected chi connectivity index (χ4v) is 2.75. The van der Waals surface area contributed by atoms with E-state index in [0.29, 0.717) is 16.3 Å². The third-order valence-electron chi connectivity index (χ3n) is 3.89. The zero-order valence-corrected chi connectivity index (χ0v) is 14.1. The summed E-state index contributed by atoms with van der Waals surface area (Å²) in [5.74, 6) is -0.668. The molecule has 8 heteroatoms. The molecular formula is C18H12ClF3N2O2. The summed E-state index contributed by atoms with van der Waals surface area (Å²) >= 11 is 5.86. The summed E-state index contributed by atoms with van der Waals surface area (Å²) in [5.41, 5.74) is -0.550. The smallest absolute Gasteiger partial charge is 0.360 e. The number of pyridine rings is 1. The molecule has 2 N–H and O–H groups in total. The summed E-state index contributed by atoms with van der Waals surface area (Å²) in [7, 11) is 0. The molecule has 1 heterocycles. The van der Waals surface area contributed by atoms with Gasteiger partial charge in [-0.2, -0.15) is 13.2 Å². The lowest BCUT2D eigenvalue weighted by molar-refractivity contribution is -0.137. The monoisotopic (exact) mass is 380 g/mol. The molecule has 0 atom stereocenters. The van der Waals surface area contributed by atoms with Gasteiger partial charge in [0, 0.05) is 27.8 Å². The molecule has 0 aliphatic heterocycles. The van der Waals surface area contributed by atoms with E-state index in [1.54, 1.807) is 25.1 Å². The van der Waals surface area contributed by atoms with Crippen molar-refractivity contribution in [3.63, 3.8) is 0 Å². The number of alkyl halides is 3. The van der Waals surface area contributed by atoms with Crippen LogP contribution in [0.4, 0.5) is 18.9 Å². The highest BCUT2D eigenvalue weighted by molar-refractivity contribution is 6.30. The molecule has 0 aliphatic rings. The Bertz CT molecular complexity index is 1070. The van der Waals surface area contributed by atoms with E-state index in [-0.39, 0.29) is 16.5 Å². The van der Waals surface area contributed by atoms with Crippen molar-refractivity contribution in [3.05, 3.63) is 74.5 Å². The lowest BCUT2D eigenvalue weighted by atomic mass is 10.1. The predicted molar refractivity (Wildman–Crippen MR) is 93.7 cm³/mol. The maximum Gasteiger partial charge on any atom is 0.416 e. The van der Waals surface area contributed by atoms with Crippen molar-refractivity contribution in [1.82, 2.24) is 4.98 Å². The molecule has 26 heavy (non-hydrogen) atoms. The number of aromatic nitrogens is 1. The maximum absolute atomic E-state index is 12.8. The van der Waals surface area contributed by atoms with Gasteiger partial charge in [0.25, 0.3) is 5.91 Å². The van der Waals surface area contributed by atoms with Crippen molar-refractivity contribution in [3.8, 4) is 0 Å². The summed E-state index contributed by atoms with van der Waals surface area (Å²) in [4.78, 5) is 27.5. The van der Waals surface area contributed by atoms with Crippen molar-refractivity contribution in [1.29, 1.82) is 0 Å². The molecule has 1 aromatic heterocycles. The topological polar surface area (TPSA) is 62.0 Å². The van der Waals surface area contributed by atoms with Crippen LogP contribution in [0, 0.1) is 6.92 Å². The van der Waals surface area contributed by atoms with Crippen molar-refractivity contribution < 1.29 is 18.0 Å². The number of anilines is 1. The number of fused-ring (bicyclic) bond motifs is 1. The van der Waals surface area contributed by atoms with Crippen LogP contribution >= 0.6 is 11.6 Å². The van der Waals surface area contributed by atoms with Gasteiger partial charge >= 0.3 is 6.18 Å². The Balaban J connectivity index is 1.99. The maximum atomic E-state index is 12.8. The normalized spacial score (nSPS) is 11.6. The molecular weight excluding hydrogens is 369 g/mol. The highest BCUT2D eigenvalue weighted by Gasteiger charge is 2.30. The van der Waals surface area contributed by atoms with Crippen LogP contribution in [0.15, 0.2) is 47.4 Å². The molecule has 0 saturated carbocycles. The summed E-state index contributed by atoms with van der Waals surface area (Å²) in [5, 5.41) is 3.10. The van der Waals surface area contributed by atoms with E-state index in [1.807, 2.05) is 0 Å². The fourth-order valence-electron chi connectivity index (χ4n) is 2.52. The number of aryl methyl sites for hydroxylation is 1. The van der Waals surface area contributed by atoms with E-state index >= 15 is 0 Å². The van der Waals surface area contributed by atoms with Crippen molar-refractivity contribution in [2.75, 3.05) is 5.32 Å². The first-order chi connectivity index (χ1) is 12.2. The zero-order chi connectivity index (χ0) is 19.1. The van der Waals surface area contributed by atoms with Gasteiger partial charge < -0.3 is 10.3 Å². The summed E-state index contributed by atoms with van der Waals surface area (Å²) in [6.45, 7) is 1.74. The molecule has 4 nitrogen and oxygen atoms in total. The molecule has 0 aliphatic carbocycles.